The monoisotopic (exact) mass is 298 g/mol. The second-order valence-electron chi connectivity index (χ2n) is 6.14. The molecular weight excluding hydrogens is 275 g/mol. The number of hydrogen-bond acceptors (Lipinski definition) is 2. The van der Waals surface area contributed by atoms with Gasteiger partial charge in [-0.1, -0.05) is 42.5 Å². The van der Waals surface area contributed by atoms with E-state index >= 15 is 0 Å². The number of nitrogens with zero attached hydrogens (tertiary/aromatic N) is 1. The first-order valence-corrected chi connectivity index (χ1v) is 8.00. The van der Waals surface area contributed by atoms with Gasteiger partial charge >= 0.3 is 0 Å². The molecule has 2 aromatic rings. The van der Waals surface area contributed by atoms with Crippen LogP contribution >= 0.6 is 0 Å². The first kappa shape index (κ1) is 15.2. The van der Waals surface area contributed by atoms with Crippen LogP contribution < -0.4 is 5.73 Å². The van der Waals surface area contributed by atoms with Crippen LogP contribution in [0.2, 0.25) is 0 Å². The van der Waals surface area contributed by atoms with Gasteiger partial charge in [-0.25, -0.2) is 4.39 Å². The fraction of sp³-hybridized carbons (Fsp3) is 0.368. The number of fused-ring (bicyclic) bond motifs is 1. The molecule has 3 rings (SSSR count). The first-order chi connectivity index (χ1) is 10.7. The summed E-state index contributed by atoms with van der Waals surface area (Å²) in [5.74, 6) is -0.148. The van der Waals surface area contributed by atoms with E-state index in [9.17, 15) is 4.39 Å². The van der Waals surface area contributed by atoms with Crippen molar-refractivity contribution in [3.05, 3.63) is 71.0 Å². The van der Waals surface area contributed by atoms with Crippen molar-refractivity contribution in [2.75, 3.05) is 13.1 Å². The molecule has 1 heterocycles. The van der Waals surface area contributed by atoms with Crippen LogP contribution in [-0.4, -0.2) is 24.0 Å². The van der Waals surface area contributed by atoms with Crippen molar-refractivity contribution >= 4 is 0 Å². The van der Waals surface area contributed by atoms with Gasteiger partial charge in [-0.2, -0.15) is 0 Å². The molecule has 116 valence electrons. The van der Waals surface area contributed by atoms with Gasteiger partial charge < -0.3 is 5.73 Å². The van der Waals surface area contributed by atoms with Crippen LogP contribution in [0, 0.1) is 5.82 Å². The lowest BCUT2D eigenvalue weighted by atomic mass is 9.99. The van der Waals surface area contributed by atoms with Gasteiger partial charge in [-0.05, 0) is 48.6 Å². The van der Waals surface area contributed by atoms with E-state index in [2.05, 4.69) is 29.2 Å². The second kappa shape index (κ2) is 7.03. The van der Waals surface area contributed by atoms with Crippen LogP contribution in [0.15, 0.2) is 48.5 Å². The third-order valence-electron chi connectivity index (χ3n) is 4.47. The van der Waals surface area contributed by atoms with Crippen LogP contribution in [0.1, 0.15) is 23.1 Å². The maximum absolute atomic E-state index is 13.6. The Balaban J connectivity index is 1.50. The quantitative estimate of drug-likeness (QED) is 0.919. The van der Waals surface area contributed by atoms with E-state index in [-0.39, 0.29) is 11.9 Å². The van der Waals surface area contributed by atoms with E-state index in [0.717, 1.165) is 38.0 Å². The van der Waals surface area contributed by atoms with E-state index in [1.807, 2.05) is 12.1 Å². The fourth-order valence-corrected chi connectivity index (χ4v) is 3.14. The highest BCUT2D eigenvalue weighted by Gasteiger charge is 2.16. The molecule has 0 aliphatic carbocycles. The van der Waals surface area contributed by atoms with Crippen LogP contribution in [-0.2, 0) is 19.4 Å². The average molecular weight is 298 g/mol. The standard InChI is InChI=1S/C19H23FN2/c20-19-8-4-3-6-16(19)13-18(21)10-12-22-11-9-15-5-1-2-7-17(15)14-22/h1-8,18H,9-14,21H2. The molecule has 0 amide bonds. The number of nitrogens with two attached hydrogens (primary N) is 1. The minimum Gasteiger partial charge on any atom is -0.327 e. The van der Waals surface area contributed by atoms with Gasteiger partial charge in [0, 0.05) is 19.1 Å². The Morgan fingerprint density at radius 2 is 1.77 bits per heavy atom. The minimum absolute atomic E-state index is 0.00840. The van der Waals surface area contributed by atoms with Gasteiger partial charge in [0.2, 0.25) is 0 Å². The second-order valence-corrected chi connectivity index (χ2v) is 6.14. The molecule has 0 radical (unpaired) electrons. The Hall–Kier alpha value is -1.71. The summed E-state index contributed by atoms with van der Waals surface area (Å²) < 4.78 is 13.6. The zero-order chi connectivity index (χ0) is 15.4. The van der Waals surface area contributed by atoms with Crippen molar-refractivity contribution in [2.45, 2.75) is 31.8 Å². The fourth-order valence-electron chi connectivity index (χ4n) is 3.14. The summed E-state index contributed by atoms with van der Waals surface area (Å²) in [6.45, 7) is 3.07. The molecule has 2 aromatic carbocycles. The molecule has 0 aromatic heterocycles. The first-order valence-electron chi connectivity index (χ1n) is 8.00. The van der Waals surface area contributed by atoms with Crippen LogP contribution in [0.25, 0.3) is 0 Å². The van der Waals surface area contributed by atoms with Gasteiger partial charge in [0.1, 0.15) is 5.82 Å². The highest BCUT2D eigenvalue weighted by atomic mass is 19.1. The van der Waals surface area contributed by atoms with E-state index in [1.165, 1.54) is 17.2 Å². The highest BCUT2D eigenvalue weighted by molar-refractivity contribution is 5.29. The predicted molar refractivity (Wildman–Crippen MR) is 88.1 cm³/mol. The van der Waals surface area contributed by atoms with E-state index < -0.39 is 0 Å². The Morgan fingerprint density at radius 1 is 1.05 bits per heavy atom. The molecular formula is C19H23FN2. The van der Waals surface area contributed by atoms with Crippen LogP contribution in [0.5, 0.6) is 0 Å². The Morgan fingerprint density at radius 3 is 2.59 bits per heavy atom. The number of benzene rings is 2. The van der Waals surface area contributed by atoms with Crippen LogP contribution in [0.3, 0.4) is 0 Å². The van der Waals surface area contributed by atoms with Crippen molar-refractivity contribution < 1.29 is 4.39 Å². The van der Waals surface area contributed by atoms with Crippen molar-refractivity contribution in [1.29, 1.82) is 0 Å². The van der Waals surface area contributed by atoms with Crippen molar-refractivity contribution in [1.82, 2.24) is 4.90 Å². The van der Waals surface area contributed by atoms with Crippen molar-refractivity contribution in [3.8, 4) is 0 Å². The summed E-state index contributed by atoms with van der Waals surface area (Å²) >= 11 is 0. The minimum atomic E-state index is -0.148. The summed E-state index contributed by atoms with van der Waals surface area (Å²) in [5, 5.41) is 0. The van der Waals surface area contributed by atoms with E-state index in [4.69, 9.17) is 5.73 Å². The Kier molecular flexibility index (Phi) is 4.86. The van der Waals surface area contributed by atoms with Gasteiger partial charge in [0.05, 0.1) is 0 Å². The smallest absolute Gasteiger partial charge is 0.126 e. The number of halogens is 1. The van der Waals surface area contributed by atoms with Gasteiger partial charge in [-0.3, -0.25) is 4.90 Å². The molecule has 0 saturated heterocycles. The summed E-state index contributed by atoms with van der Waals surface area (Å²) in [6, 6.07) is 15.6. The molecule has 22 heavy (non-hydrogen) atoms. The maximum Gasteiger partial charge on any atom is 0.126 e. The molecule has 3 heteroatoms. The Bertz CT molecular complexity index is 626. The zero-order valence-electron chi connectivity index (χ0n) is 12.8. The molecule has 2 nitrogen and oxygen atoms in total. The number of rotatable bonds is 5. The largest absolute Gasteiger partial charge is 0.327 e. The average Bonchev–Trinajstić information content (AvgIpc) is 2.55. The van der Waals surface area contributed by atoms with Gasteiger partial charge in [-0.15, -0.1) is 0 Å². The predicted octanol–water partition coefficient (Wildman–Crippen LogP) is 3.14. The molecule has 1 atom stereocenters. The van der Waals surface area contributed by atoms with Crippen molar-refractivity contribution in [2.24, 2.45) is 5.73 Å². The lowest BCUT2D eigenvalue weighted by Crippen LogP contribution is -2.35. The summed E-state index contributed by atoms with van der Waals surface area (Å²) in [4.78, 5) is 2.45. The molecule has 0 spiro atoms. The third kappa shape index (κ3) is 3.73. The molecule has 1 aliphatic heterocycles. The molecule has 0 saturated carbocycles. The Labute approximate surface area is 131 Å². The highest BCUT2D eigenvalue weighted by Crippen LogP contribution is 2.19. The third-order valence-corrected chi connectivity index (χ3v) is 4.47. The molecule has 1 unspecified atom stereocenters. The lowest BCUT2D eigenvalue weighted by Gasteiger charge is -2.29. The lowest BCUT2D eigenvalue weighted by molar-refractivity contribution is 0.244. The molecule has 2 N–H and O–H groups in total. The van der Waals surface area contributed by atoms with E-state index in [0.29, 0.717) is 6.42 Å². The zero-order valence-corrected chi connectivity index (χ0v) is 12.8. The summed E-state index contributed by atoms with van der Waals surface area (Å²) in [7, 11) is 0. The van der Waals surface area contributed by atoms with Gasteiger partial charge in [0.15, 0.2) is 0 Å². The van der Waals surface area contributed by atoms with Gasteiger partial charge in [0.25, 0.3) is 0 Å². The van der Waals surface area contributed by atoms with E-state index in [1.54, 1.807) is 6.07 Å². The van der Waals surface area contributed by atoms with Crippen LogP contribution in [0.4, 0.5) is 4.39 Å². The number of hydrogen-bond donors (Lipinski definition) is 1. The summed E-state index contributed by atoms with van der Waals surface area (Å²) in [5.41, 5.74) is 9.81. The molecule has 1 aliphatic rings. The van der Waals surface area contributed by atoms with Crippen molar-refractivity contribution in [3.63, 3.8) is 0 Å². The topological polar surface area (TPSA) is 29.3 Å². The summed E-state index contributed by atoms with van der Waals surface area (Å²) in [6.07, 6.45) is 2.62. The molecule has 0 fully saturated rings. The SMILES string of the molecule is NC(CCN1CCc2ccccc2C1)Cc1ccccc1F. The maximum atomic E-state index is 13.6. The molecule has 0 bridgehead atoms. The normalized spacial score (nSPS) is 16.3.